The Morgan fingerprint density at radius 2 is 2.00 bits per heavy atom. The third-order valence-corrected chi connectivity index (χ3v) is 4.33. The Morgan fingerprint density at radius 1 is 1.24 bits per heavy atom. The molecular formula is C15H12N4O5S. The van der Waals surface area contributed by atoms with E-state index in [4.69, 9.17) is 0 Å². The fraction of sp³-hybridized carbons (Fsp3) is 0.0667. The zero-order valence-electron chi connectivity index (χ0n) is 12.9. The fourth-order valence-corrected chi connectivity index (χ4v) is 3.10. The van der Waals surface area contributed by atoms with Crippen LogP contribution in [0.5, 0.6) is 0 Å². The number of aromatic nitrogens is 2. The third-order valence-electron chi connectivity index (χ3n) is 3.38. The van der Waals surface area contributed by atoms with Gasteiger partial charge in [0.2, 0.25) is 15.0 Å². The maximum Gasteiger partial charge on any atom is 0.276 e. The maximum atomic E-state index is 12.5. The van der Waals surface area contributed by atoms with Gasteiger partial charge in [-0.3, -0.25) is 19.3 Å². The molecule has 0 aliphatic heterocycles. The van der Waals surface area contributed by atoms with Crippen molar-refractivity contribution in [3.05, 3.63) is 64.5 Å². The quantitative estimate of drug-likeness (QED) is 0.560. The Labute approximate surface area is 142 Å². The molecule has 9 nitrogen and oxygen atoms in total. The van der Waals surface area contributed by atoms with Crippen LogP contribution < -0.4 is 5.32 Å². The molecule has 0 aliphatic carbocycles. The molecule has 1 N–H and O–H groups in total. The van der Waals surface area contributed by atoms with Crippen LogP contribution in [0.4, 0.5) is 11.4 Å². The highest BCUT2D eigenvalue weighted by molar-refractivity contribution is 7.90. The Morgan fingerprint density at radius 3 is 2.68 bits per heavy atom. The van der Waals surface area contributed by atoms with Crippen molar-refractivity contribution in [1.29, 1.82) is 0 Å². The molecule has 0 bridgehead atoms. The molecular weight excluding hydrogens is 348 g/mol. The van der Waals surface area contributed by atoms with Gasteiger partial charge in [0.05, 0.1) is 10.4 Å². The molecule has 3 rings (SSSR count). The van der Waals surface area contributed by atoms with Crippen LogP contribution in [-0.4, -0.2) is 34.9 Å². The summed E-state index contributed by atoms with van der Waals surface area (Å²) in [5.41, 5.74) is 0.250. The first-order chi connectivity index (χ1) is 11.8. The number of hydrogen-bond acceptors (Lipinski definition) is 6. The van der Waals surface area contributed by atoms with Gasteiger partial charge in [0.15, 0.2) is 5.69 Å². The number of hydrogen-bond donors (Lipinski definition) is 1. The fourth-order valence-electron chi connectivity index (χ4n) is 2.33. The SMILES string of the molecule is CS(=O)(=O)c1nc(C(=O)Nc2cccc([N+](=O)[O-])c2)c2ccccn12. The lowest BCUT2D eigenvalue weighted by molar-refractivity contribution is -0.384. The van der Waals surface area contributed by atoms with Crippen molar-refractivity contribution in [2.75, 3.05) is 11.6 Å². The molecule has 1 aromatic carbocycles. The second kappa shape index (κ2) is 5.98. The van der Waals surface area contributed by atoms with E-state index in [9.17, 15) is 23.3 Å². The summed E-state index contributed by atoms with van der Waals surface area (Å²) >= 11 is 0. The number of amides is 1. The van der Waals surface area contributed by atoms with Gasteiger partial charge in [-0.25, -0.2) is 13.4 Å². The molecule has 128 valence electrons. The van der Waals surface area contributed by atoms with E-state index in [-0.39, 0.29) is 22.2 Å². The van der Waals surface area contributed by atoms with E-state index in [0.717, 1.165) is 6.26 Å². The van der Waals surface area contributed by atoms with Crippen molar-refractivity contribution < 1.29 is 18.1 Å². The molecule has 0 unspecified atom stereocenters. The van der Waals surface area contributed by atoms with E-state index in [0.29, 0.717) is 5.52 Å². The molecule has 0 spiro atoms. The van der Waals surface area contributed by atoms with Crippen LogP contribution in [0.1, 0.15) is 10.5 Å². The molecule has 0 saturated heterocycles. The van der Waals surface area contributed by atoms with Crippen molar-refractivity contribution in [2.45, 2.75) is 5.16 Å². The van der Waals surface area contributed by atoms with Gasteiger partial charge < -0.3 is 5.32 Å². The number of carbonyl (C=O) groups is 1. The molecule has 0 aliphatic rings. The van der Waals surface area contributed by atoms with Crippen LogP contribution in [0.3, 0.4) is 0 Å². The van der Waals surface area contributed by atoms with Crippen LogP contribution in [0.15, 0.2) is 53.8 Å². The minimum atomic E-state index is -3.65. The predicted molar refractivity (Wildman–Crippen MR) is 89.4 cm³/mol. The van der Waals surface area contributed by atoms with Gasteiger partial charge in [-0.15, -0.1) is 0 Å². The van der Waals surface area contributed by atoms with Crippen molar-refractivity contribution in [1.82, 2.24) is 9.38 Å². The summed E-state index contributed by atoms with van der Waals surface area (Å²) in [7, 11) is -3.65. The lowest BCUT2D eigenvalue weighted by Crippen LogP contribution is -2.13. The molecule has 2 heterocycles. The average Bonchev–Trinajstić information content (AvgIpc) is 2.95. The first kappa shape index (κ1) is 16.6. The Bertz CT molecular complexity index is 1100. The molecule has 0 radical (unpaired) electrons. The Kier molecular flexibility index (Phi) is 3.97. The smallest absolute Gasteiger partial charge is 0.276 e. The van der Waals surface area contributed by atoms with Gasteiger partial charge in [0.1, 0.15) is 0 Å². The van der Waals surface area contributed by atoms with Gasteiger partial charge in [-0.2, -0.15) is 0 Å². The molecule has 0 fully saturated rings. The van der Waals surface area contributed by atoms with Gasteiger partial charge >= 0.3 is 0 Å². The number of nitro benzene ring substituents is 1. The highest BCUT2D eigenvalue weighted by Crippen LogP contribution is 2.20. The molecule has 1 amide bonds. The monoisotopic (exact) mass is 360 g/mol. The average molecular weight is 360 g/mol. The number of anilines is 1. The van der Waals surface area contributed by atoms with Crippen LogP contribution >= 0.6 is 0 Å². The van der Waals surface area contributed by atoms with Gasteiger partial charge in [0.25, 0.3) is 11.6 Å². The summed E-state index contributed by atoms with van der Waals surface area (Å²) in [5.74, 6) is -0.668. The number of imidazole rings is 1. The second-order valence-electron chi connectivity index (χ2n) is 5.23. The Hall–Kier alpha value is -3.27. The highest BCUT2D eigenvalue weighted by atomic mass is 32.2. The molecule has 0 atom stereocenters. The lowest BCUT2D eigenvalue weighted by Gasteiger charge is -2.03. The Balaban J connectivity index is 2.04. The second-order valence-corrected chi connectivity index (χ2v) is 7.14. The van der Waals surface area contributed by atoms with Crippen molar-refractivity contribution in [2.24, 2.45) is 0 Å². The maximum absolute atomic E-state index is 12.5. The first-order valence-electron chi connectivity index (χ1n) is 7.00. The van der Waals surface area contributed by atoms with E-state index in [2.05, 4.69) is 10.3 Å². The highest BCUT2D eigenvalue weighted by Gasteiger charge is 2.23. The number of nitrogens with zero attached hydrogens (tertiary/aromatic N) is 3. The zero-order chi connectivity index (χ0) is 18.2. The molecule has 10 heteroatoms. The summed E-state index contributed by atoms with van der Waals surface area (Å²) in [6.45, 7) is 0. The summed E-state index contributed by atoms with van der Waals surface area (Å²) in [4.78, 5) is 26.7. The van der Waals surface area contributed by atoms with E-state index in [1.165, 1.54) is 34.9 Å². The number of nitro groups is 1. The number of benzene rings is 1. The standard InChI is InChI=1S/C15H12N4O5S/c1-25(23,24)15-17-13(12-7-2-3-8-18(12)15)14(20)16-10-5-4-6-11(9-10)19(21)22/h2-9H,1H3,(H,16,20). The number of rotatable bonds is 4. The molecule has 2 aromatic heterocycles. The van der Waals surface area contributed by atoms with E-state index in [1.807, 2.05) is 0 Å². The van der Waals surface area contributed by atoms with Crippen LogP contribution in [-0.2, 0) is 9.84 Å². The summed E-state index contributed by atoms with van der Waals surface area (Å²) in [6, 6.07) is 10.2. The minimum absolute atomic E-state index is 0.0902. The molecule has 25 heavy (non-hydrogen) atoms. The first-order valence-corrected chi connectivity index (χ1v) is 8.89. The van der Waals surface area contributed by atoms with Crippen LogP contribution in [0, 0.1) is 10.1 Å². The molecule has 3 aromatic rings. The van der Waals surface area contributed by atoms with Gasteiger partial charge in [-0.1, -0.05) is 12.1 Å². The number of nitrogens with one attached hydrogen (secondary N) is 1. The number of sulfone groups is 1. The normalized spacial score (nSPS) is 11.4. The van der Waals surface area contributed by atoms with Crippen LogP contribution in [0.25, 0.3) is 5.52 Å². The zero-order valence-corrected chi connectivity index (χ0v) is 13.7. The van der Waals surface area contributed by atoms with Crippen LogP contribution in [0.2, 0.25) is 0 Å². The van der Waals surface area contributed by atoms with Gasteiger partial charge in [0, 0.05) is 30.3 Å². The molecule has 0 saturated carbocycles. The number of fused-ring (bicyclic) bond motifs is 1. The van der Waals surface area contributed by atoms with Gasteiger partial charge in [-0.05, 0) is 18.2 Å². The van der Waals surface area contributed by atoms with Crippen molar-refractivity contribution >= 4 is 32.6 Å². The summed E-state index contributed by atoms with van der Waals surface area (Å²) < 4.78 is 25.0. The largest absolute Gasteiger partial charge is 0.320 e. The van der Waals surface area contributed by atoms with Crippen molar-refractivity contribution in [3.63, 3.8) is 0 Å². The van der Waals surface area contributed by atoms with E-state index >= 15 is 0 Å². The third kappa shape index (κ3) is 3.19. The van der Waals surface area contributed by atoms with E-state index in [1.54, 1.807) is 18.2 Å². The number of non-ortho nitro benzene ring substituents is 1. The van der Waals surface area contributed by atoms with Crippen molar-refractivity contribution in [3.8, 4) is 0 Å². The topological polar surface area (TPSA) is 124 Å². The number of carbonyl (C=O) groups excluding carboxylic acids is 1. The van der Waals surface area contributed by atoms with E-state index < -0.39 is 20.7 Å². The lowest BCUT2D eigenvalue weighted by atomic mass is 10.2. The predicted octanol–water partition coefficient (Wildman–Crippen LogP) is 1.90. The summed E-state index contributed by atoms with van der Waals surface area (Å²) in [5, 5.41) is 13.0. The number of pyridine rings is 1. The summed E-state index contributed by atoms with van der Waals surface area (Å²) in [6.07, 6.45) is 2.49. The minimum Gasteiger partial charge on any atom is -0.320 e.